The van der Waals surface area contributed by atoms with Gasteiger partial charge < -0.3 is 4.90 Å². The van der Waals surface area contributed by atoms with Crippen LogP contribution in [0.3, 0.4) is 0 Å². The third-order valence-electron chi connectivity index (χ3n) is 6.04. The summed E-state index contributed by atoms with van der Waals surface area (Å²) in [5.74, 6) is -0.986. The van der Waals surface area contributed by atoms with Crippen LogP contribution in [0.15, 0.2) is 78.9 Å². The van der Waals surface area contributed by atoms with Crippen molar-refractivity contribution in [2.24, 2.45) is 0 Å². The van der Waals surface area contributed by atoms with E-state index in [4.69, 9.17) is 0 Å². The summed E-state index contributed by atoms with van der Waals surface area (Å²) in [4.78, 5) is 15.1. The van der Waals surface area contributed by atoms with Crippen LogP contribution in [0, 0.1) is 11.6 Å². The van der Waals surface area contributed by atoms with Gasteiger partial charge in [-0.05, 0) is 48.4 Å². The molecule has 0 radical (unpaired) electrons. The highest BCUT2D eigenvalue weighted by molar-refractivity contribution is 5.79. The van der Waals surface area contributed by atoms with Crippen LogP contribution >= 0.6 is 0 Å². The lowest BCUT2D eigenvalue weighted by atomic mass is 9.74. The fourth-order valence-electron chi connectivity index (χ4n) is 4.64. The Bertz CT molecular complexity index is 965. The van der Waals surface area contributed by atoms with Gasteiger partial charge in [-0.1, -0.05) is 66.7 Å². The van der Waals surface area contributed by atoms with E-state index in [1.165, 1.54) is 12.1 Å². The summed E-state index contributed by atoms with van der Waals surface area (Å²) in [5, 5.41) is 0. The van der Waals surface area contributed by atoms with Crippen molar-refractivity contribution < 1.29 is 13.6 Å². The van der Waals surface area contributed by atoms with Crippen LogP contribution in [-0.2, 0) is 16.8 Å². The number of nitrogens with zero attached hydrogens (tertiary/aromatic N) is 1. The average molecular weight is 405 g/mol. The summed E-state index contributed by atoms with van der Waals surface area (Å²) in [6.45, 7) is 0.513. The molecule has 0 bridgehead atoms. The molecule has 4 rings (SSSR count). The third kappa shape index (κ3) is 3.87. The van der Waals surface area contributed by atoms with E-state index in [0.29, 0.717) is 31.4 Å². The number of piperidine rings is 1. The number of likely N-dealkylation sites (tertiary alicyclic amines) is 1. The van der Waals surface area contributed by atoms with Crippen LogP contribution in [-0.4, -0.2) is 17.4 Å². The van der Waals surface area contributed by atoms with E-state index in [1.807, 2.05) is 41.3 Å². The molecule has 3 aromatic carbocycles. The molecule has 30 heavy (non-hydrogen) atoms. The van der Waals surface area contributed by atoms with Gasteiger partial charge in [0.15, 0.2) is 0 Å². The minimum atomic E-state index is -0.574. The number of carbonyl (C=O) groups excluding carboxylic acids is 1. The molecule has 1 aliphatic rings. The Morgan fingerprint density at radius 2 is 1.50 bits per heavy atom. The highest BCUT2D eigenvalue weighted by Gasteiger charge is 2.44. The molecule has 154 valence electrons. The highest BCUT2D eigenvalue weighted by atomic mass is 19.1. The molecule has 1 saturated heterocycles. The molecule has 1 fully saturated rings. The van der Waals surface area contributed by atoms with E-state index in [-0.39, 0.29) is 5.91 Å². The monoisotopic (exact) mass is 405 g/mol. The number of halogens is 2. The van der Waals surface area contributed by atoms with Crippen molar-refractivity contribution in [2.45, 2.75) is 37.6 Å². The summed E-state index contributed by atoms with van der Waals surface area (Å²) >= 11 is 0. The Labute approximate surface area is 176 Å². The molecule has 1 aliphatic heterocycles. The Morgan fingerprint density at radius 3 is 2.10 bits per heavy atom. The Morgan fingerprint density at radius 1 is 0.867 bits per heavy atom. The minimum Gasteiger partial charge on any atom is -0.329 e. The maximum atomic E-state index is 14.1. The quantitative estimate of drug-likeness (QED) is 0.503. The van der Waals surface area contributed by atoms with Gasteiger partial charge in [0.1, 0.15) is 11.6 Å². The van der Waals surface area contributed by atoms with Gasteiger partial charge in [0, 0.05) is 19.0 Å². The van der Waals surface area contributed by atoms with E-state index >= 15 is 0 Å². The first kappa shape index (κ1) is 20.3. The van der Waals surface area contributed by atoms with Crippen LogP contribution in [0.1, 0.15) is 42.4 Å². The van der Waals surface area contributed by atoms with Crippen molar-refractivity contribution in [3.63, 3.8) is 0 Å². The Balaban J connectivity index is 1.66. The van der Waals surface area contributed by atoms with Crippen LogP contribution in [0.4, 0.5) is 8.78 Å². The fraction of sp³-hybridized carbons (Fsp3) is 0.269. The van der Waals surface area contributed by atoms with Crippen molar-refractivity contribution in [1.82, 2.24) is 4.90 Å². The smallest absolute Gasteiger partial charge is 0.223 e. The third-order valence-corrected chi connectivity index (χ3v) is 6.04. The molecule has 0 N–H and O–H groups in total. The van der Waals surface area contributed by atoms with E-state index in [0.717, 1.165) is 30.0 Å². The zero-order valence-corrected chi connectivity index (χ0v) is 16.9. The number of carbonyl (C=O) groups is 1. The molecule has 4 heteroatoms. The minimum absolute atomic E-state index is 0.119. The molecule has 1 heterocycles. The van der Waals surface area contributed by atoms with Gasteiger partial charge in [-0.15, -0.1) is 0 Å². The topological polar surface area (TPSA) is 20.3 Å². The van der Waals surface area contributed by atoms with Crippen molar-refractivity contribution in [1.29, 1.82) is 0 Å². The van der Waals surface area contributed by atoms with Crippen LogP contribution < -0.4 is 0 Å². The summed E-state index contributed by atoms with van der Waals surface area (Å²) in [5.41, 5.74) is 2.14. The van der Waals surface area contributed by atoms with Crippen LogP contribution in [0.25, 0.3) is 0 Å². The molecule has 0 atom stereocenters. The first-order valence-corrected chi connectivity index (χ1v) is 10.5. The summed E-state index contributed by atoms with van der Waals surface area (Å²) in [7, 11) is 0. The van der Waals surface area contributed by atoms with Gasteiger partial charge in [0.05, 0.1) is 5.54 Å². The molecule has 2 nitrogen and oxygen atoms in total. The Hall–Kier alpha value is -3.01. The first-order valence-electron chi connectivity index (χ1n) is 10.5. The van der Waals surface area contributed by atoms with Gasteiger partial charge in [-0.2, -0.15) is 0 Å². The maximum absolute atomic E-state index is 14.1. The van der Waals surface area contributed by atoms with Gasteiger partial charge in [0.2, 0.25) is 5.91 Å². The average Bonchev–Trinajstić information content (AvgIpc) is 2.77. The van der Waals surface area contributed by atoms with Crippen LogP contribution in [0.5, 0.6) is 0 Å². The number of amides is 1. The summed E-state index contributed by atoms with van der Waals surface area (Å²) < 4.78 is 27.3. The van der Waals surface area contributed by atoms with Crippen molar-refractivity contribution in [2.75, 3.05) is 6.54 Å². The molecular weight excluding hydrogens is 380 g/mol. The maximum Gasteiger partial charge on any atom is 0.223 e. The molecular formula is C26H25F2NO. The molecule has 0 aromatic heterocycles. The van der Waals surface area contributed by atoms with Gasteiger partial charge >= 0.3 is 0 Å². The normalized spacial score (nSPS) is 15.9. The largest absolute Gasteiger partial charge is 0.329 e. The molecule has 1 amide bonds. The SMILES string of the molecule is O=C1CCCC(c2ccccc2)(c2ccccc2)N1CCCc1ccc(F)cc1F. The zero-order chi connectivity index (χ0) is 21.0. The van der Waals surface area contributed by atoms with E-state index in [2.05, 4.69) is 24.3 Å². The number of benzene rings is 3. The van der Waals surface area contributed by atoms with E-state index in [1.54, 1.807) is 0 Å². The predicted octanol–water partition coefficient (Wildman–Crippen LogP) is 5.85. The van der Waals surface area contributed by atoms with Crippen LogP contribution in [0.2, 0.25) is 0 Å². The van der Waals surface area contributed by atoms with E-state index < -0.39 is 17.2 Å². The van der Waals surface area contributed by atoms with Gasteiger partial charge in [-0.3, -0.25) is 4.79 Å². The number of hydrogen-bond donors (Lipinski definition) is 0. The lowest BCUT2D eigenvalue weighted by molar-refractivity contribution is -0.140. The predicted molar refractivity (Wildman–Crippen MR) is 114 cm³/mol. The molecule has 0 unspecified atom stereocenters. The highest BCUT2D eigenvalue weighted by Crippen LogP contribution is 2.44. The lowest BCUT2D eigenvalue weighted by Crippen LogP contribution is -2.53. The second-order valence-electron chi connectivity index (χ2n) is 7.83. The molecule has 3 aromatic rings. The van der Waals surface area contributed by atoms with Gasteiger partial charge in [-0.25, -0.2) is 8.78 Å². The number of aryl methyl sites for hydroxylation is 1. The van der Waals surface area contributed by atoms with Crippen molar-refractivity contribution in [3.8, 4) is 0 Å². The van der Waals surface area contributed by atoms with Gasteiger partial charge in [0.25, 0.3) is 0 Å². The summed E-state index contributed by atoms with van der Waals surface area (Å²) in [6, 6.07) is 24.0. The molecule has 0 spiro atoms. The Kier molecular flexibility index (Phi) is 5.93. The molecule has 0 saturated carbocycles. The summed E-state index contributed by atoms with van der Waals surface area (Å²) in [6.07, 6.45) is 3.25. The number of rotatable bonds is 6. The van der Waals surface area contributed by atoms with E-state index in [9.17, 15) is 13.6 Å². The van der Waals surface area contributed by atoms with Crippen molar-refractivity contribution >= 4 is 5.91 Å². The molecule has 0 aliphatic carbocycles. The first-order chi connectivity index (χ1) is 14.6. The second kappa shape index (κ2) is 8.78. The fourth-order valence-corrected chi connectivity index (χ4v) is 4.64. The zero-order valence-electron chi connectivity index (χ0n) is 16.9. The second-order valence-corrected chi connectivity index (χ2v) is 7.83. The van der Waals surface area contributed by atoms with Crippen molar-refractivity contribution in [3.05, 3.63) is 107 Å². The standard InChI is InChI=1S/C26H25F2NO/c27-23-16-15-20(24(28)19-23)9-8-18-29-25(30)14-7-17-26(29,21-10-3-1-4-11-21)22-12-5-2-6-13-22/h1-6,10-13,15-16,19H,7-9,14,17-18H2. The number of hydrogen-bond acceptors (Lipinski definition) is 1. The lowest BCUT2D eigenvalue weighted by Gasteiger charge is -2.48.